The molecule has 0 aromatic heterocycles. The molecule has 2 atom stereocenters. The van der Waals surface area contributed by atoms with Gasteiger partial charge in [0, 0.05) is 17.0 Å². The average Bonchev–Trinajstić information content (AvgIpc) is 2.70. The van der Waals surface area contributed by atoms with Crippen molar-refractivity contribution in [1.29, 1.82) is 0 Å². The predicted molar refractivity (Wildman–Crippen MR) is 124 cm³/mol. The normalized spacial score (nSPS) is 23.8. The molecule has 3 N–H and O–H groups in total. The van der Waals surface area contributed by atoms with Crippen LogP contribution in [0.4, 0.5) is 10.5 Å². The minimum absolute atomic E-state index is 0.124. The first-order chi connectivity index (χ1) is 15.2. The molecule has 8 nitrogen and oxygen atoms in total. The largest absolute Gasteiger partial charge is 0.484 e. The van der Waals surface area contributed by atoms with E-state index in [2.05, 4.69) is 0 Å². The van der Waals surface area contributed by atoms with Crippen LogP contribution in [0.25, 0.3) is 0 Å². The molecule has 2 aromatic rings. The molecule has 0 unspecified atom stereocenters. The van der Waals surface area contributed by atoms with Crippen LogP contribution < -0.4 is 10.5 Å². The standard InChI is InChI=1S/C25H32N2O6/c1-16-19(27(30)31)13-12-18-20(16)32-23(5,6)24(29,15-14-17-10-8-7-9-11-17)25(18,22(2,3)4)33-21(26)28/h7-13,29H,14-15H2,1-6H3,(H2,26,28)/t24-,25-/m1/s1. The summed E-state index contributed by atoms with van der Waals surface area (Å²) in [5.41, 5.74) is 1.53. The molecule has 3 rings (SSSR count). The summed E-state index contributed by atoms with van der Waals surface area (Å²) in [6, 6.07) is 12.5. The molecule has 0 fully saturated rings. The number of primary amides is 1. The zero-order chi connectivity index (χ0) is 24.8. The number of amides is 1. The number of carbonyl (C=O) groups excluding carboxylic acids is 1. The fourth-order valence-electron chi connectivity index (χ4n) is 5.19. The van der Waals surface area contributed by atoms with Gasteiger partial charge in [-0.2, -0.15) is 0 Å². The summed E-state index contributed by atoms with van der Waals surface area (Å²) in [7, 11) is 0. The van der Waals surface area contributed by atoms with E-state index in [4.69, 9.17) is 15.2 Å². The van der Waals surface area contributed by atoms with E-state index >= 15 is 0 Å². The van der Waals surface area contributed by atoms with Crippen LogP contribution in [0, 0.1) is 22.5 Å². The van der Waals surface area contributed by atoms with Crippen molar-refractivity contribution < 1.29 is 24.3 Å². The van der Waals surface area contributed by atoms with Gasteiger partial charge in [-0.25, -0.2) is 4.79 Å². The first-order valence-electron chi connectivity index (χ1n) is 10.9. The van der Waals surface area contributed by atoms with Gasteiger partial charge in [-0.15, -0.1) is 0 Å². The lowest BCUT2D eigenvalue weighted by molar-refractivity contribution is -0.385. The number of fused-ring (bicyclic) bond motifs is 1. The molecule has 0 spiro atoms. The summed E-state index contributed by atoms with van der Waals surface area (Å²) >= 11 is 0. The van der Waals surface area contributed by atoms with E-state index in [-0.39, 0.29) is 23.4 Å². The van der Waals surface area contributed by atoms with Crippen LogP contribution in [0.5, 0.6) is 5.75 Å². The van der Waals surface area contributed by atoms with Crippen LogP contribution in [-0.2, 0) is 16.8 Å². The van der Waals surface area contributed by atoms with Crippen molar-refractivity contribution in [3.05, 3.63) is 69.3 Å². The summed E-state index contributed by atoms with van der Waals surface area (Å²) < 4.78 is 12.2. The molecule has 2 aromatic carbocycles. The third-order valence-corrected chi connectivity index (χ3v) is 6.82. The number of aliphatic hydroxyl groups is 1. The zero-order valence-electron chi connectivity index (χ0n) is 20.0. The van der Waals surface area contributed by atoms with Crippen molar-refractivity contribution in [3.8, 4) is 5.75 Å². The fraction of sp³-hybridized carbons (Fsp3) is 0.480. The highest BCUT2D eigenvalue weighted by Gasteiger charge is 2.71. The lowest BCUT2D eigenvalue weighted by Crippen LogP contribution is -2.73. The number of benzene rings is 2. The van der Waals surface area contributed by atoms with Gasteiger partial charge >= 0.3 is 6.09 Å². The molecule has 0 bridgehead atoms. The summed E-state index contributed by atoms with van der Waals surface area (Å²) in [6.45, 7) is 10.5. The Balaban J connectivity index is 2.35. The monoisotopic (exact) mass is 456 g/mol. The van der Waals surface area contributed by atoms with Crippen LogP contribution in [0.3, 0.4) is 0 Å². The van der Waals surface area contributed by atoms with E-state index in [0.29, 0.717) is 12.0 Å². The number of hydrogen-bond acceptors (Lipinski definition) is 6. The number of nitrogens with two attached hydrogens (primary N) is 1. The topological polar surface area (TPSA) is 125 Å². The Kier molecular flexibility index (Phi) is 5.96. The maximum absolute atomic E-state index is 12.5. The van der Waals surface area contributed by atoms with E-state index < -0.39 is 33.2 Å². The zero-order valence-corrected chi connectivity index (χ0v) is 20.0. The highest BCUT2D eigenvalue weighted by atomic mass is 16.6. The van der Waals surface area contributed by atoms with Gasteiger partial charge in [-0.1, -0.05) is 51.1 Å². The maximum atomic E-state index is 12.5. The van der Waals surface area contributed by atoms with Gasteiger partial charge in [0.2, 0.25) is 0 Å². The number of rotatable bonds is 5. The molecule has 0 aliphatic carbocycles. The minimum atomic E-state index is -1.74. The maximum Gasteiger partial charge on any atom is 0.405 e. The highest BCUT2D eigenvalue weighted by molar-refractivity contribution is 5.68. The van der Waals surface area contributed by atoms with Crippen LogP contribution in [-0.4, -0.2) is 27.3 Å². The van der Waals surface area contributed by atoms with Crippen LogP contribution >= 0.6 is 0 Å². The molecule has 1 aliphatic rings. The van der Waals surface area contributed by atoms with E-state index in [1.165, 1.54) is 12.1 Å². The summed E-state index contributed by atoms with van der Waals surface area (Å²) in [5, 5.41) is 24.1. The third kappa shape index (κ3) is 3.72. The van der Waals surface area contributed by atoms with Gasteiger partial charge in [0.1, 0.15) is 17.0 Å². The molecular formula is C25H32N2O6. The van der Waals surface area contributed by atoms with Crippen LogP contribution in [0.2, 0.25) is 0 Å². The number of nitrogens with zero attached hydrogens (tertiary/aromatic N) is 1. The Labute approximate surface area is 193 Å². The number of carbonyl (C=O) groups is 1. The fourth-order valence-corrected chi connectivity index (χ4v) is 5.19. The summed E-state index contributed by atoms with van der Waals surface area (Å²) in [5.74, 6) is 0.217. The van der Waals surface area contributed by atoms with Gasteiger partial charge in [0.15, 0.2) is 5.60 Å². The average molecular weight is 457 g/mol. The van der Waals surface area contributed by atoms with Gasteiger partial charge in [-0.05, 0) is 45.2 Å². The van der Waals surface area contributed by atoms with Gasteiger partial charge in [0.05, 0.1) is 10.5 Å². The van der Waals surface area contributed by atoms with Gasteiger partial charge < -0.3 is 20.3 Å². The Morgan fingerprint density at radius 1 is 1.18 bits per heavy atom. The molecule has 0 radical (unpaired) electrons. The Hall–Kier alpha value is -3.13. The van der Waals surface area contributed by atoms with E-state index in [0.717, 1.165) is 5.56 Å². The van der Waals surface area contributed by atoms with E-state index in [1.807, 2.05) is 51.1 Å². The molecule has 0 saturated heterocycles. The molecule has 33 heavy (non-hydrogen) atoms. The first-order valence-corrected chi connectivity index (χ1v) is 10.9. The van der Waals surface area contributed by atoms with Crippen molar-refractivity contribution in [2.24, 2.45) is 11.1 Å². The quantitative estimate of drug-likeness (QED) is 0.493. The van der Waals surface area contributed by atoms with Crippen molar-refractivity contribution in [2.75, 3.05) is 0 Å². The predicted octanol–water partition coefficient (Wildman–Crippen LogP) is 4.77. The summed E-state index contributed by atoms with van der Waals surface area (Å²) in [6.07, 6.45) is -0.391. The number of hydrogen-bond donors (Lipinski definition) is 2. The highest BCUT2D eigenvalue weighted by Crippen LogP contribution is 2.62. The second kappa shape index (κ2) is 8.02. The molecule has 178 valence electrons. The lowest BCUT2D eigenvalue weighted by Gasteiger charge is -2.61. The Morgan fingerprint density at radius 2 is 1.79 bits per heavy atom. The molecule has 1 heterocycles. The van der Waals surface area contributed by atoms with Crippen LogP contribution in [0.15, 0.2) is 42.5 Å². The molecule has 8 heteroatoms. The van der Waals surface area contributed by atoms with Crippen molar-refractivity contribution >= 4 is 11.8 Å². The van der Waals surface area contributed by atoms with E-state index in [9.17, 15) is 20.0 Å². The SMILES string of the molecule is Cc1c([N+](=O)[O-])ccc2c1OC(C)(C)[C@](O)(CCc1ccccc1)[C@]2(OC(N)=O)C(C)(C)C. The Bertz CT molecular complexity index is 1080. The van der Waals surface area contributed by atoms with Crippen LogP contribution in [0.1, 0.15) is 57.7 Å². The number of aryl methyl sites for hydroxylation is 1. The molecule has 0 saturated carbocycles. The van der Waals surface area contributed by atoms with Crippen molar-refractivity contribution in [3.63, 3.8) is 0 Å². The summed E-state index contributed by atoms with van der Waals surface area (Å²) in [4.78, 5) is 23.4. The number of nitro benzene ring substituents is 1. The second-order valence-corrected chi connectivity index (χ2v) is 10.2. The minimum Gasteiger partial charge on any atom is -0.484 e. The van der Waals surface area contributed by atoms with Crippen molar-refractivity contribution in [2.45, 2.75) is 71.2 Å². The molecular weight excluding hydrogens is 424 g/mol. The number of ether oxygens (including phenoxy) is 2. The lowest BCUT2D eigenvalue weighted by atomic mass is 9.55. The molecule has 1 amide bonds. The smallest absolute Gasteiger partial charge is 0.405 e. The van der Waals surface area contributed by atoms with Gasteiger partial charge in [0.25, 0.3) is 5.69 Å². The number of nitro groups is 1. The Morgan fingerprint density at radius 3 is 2.30 bits per heavy atom. The third-order valence-electron chi connectivity index (χ3n) is 6.82. The van der Waals surface area contributed by atoms with Crippen molar-refractivity contribution in [1.82, 2.24) is 0 Å². The second-order valence-electron chi connectivity index (χ2n) is 10.2. The van der Waals surface area contributed by atoms with E-state index in [1.54, 1.807) is 20.8 Å². The molecule has 1 aliphatic heterocycles. The van der Waals surface area contributed by atoms with Gasteiger partial charge in [-0.3, -0.25) is 10.1 Å². The first kappa shape index (κ1) is 24.5.